The highest BCUT2D eigenvalue weighted by Gasteiger charge is 2.21. The summed E-state index contributed by atoms with van der Waals surface area (Å²) in [6.07, 6.45) is 2.22. The summed E-state index contributed by atoms with van der Waals surface area (Å²) in [5.41, 5.74) is 0. The molecule has 0 aromatic heterocycles. The van der Waals surface area contributed by atoms with E-state index in [0.29, 0.717) is 0 Å². The minimum Gasteiger partial charge on any atom is -0.317 e. The number of hydrogen-bond donors (Lipinski definition) is 1. The summed E-state index contributed by atoms with van der Waals surface area (Å²) in [6.45, 7) is 8.51. The Labute approximate surface area is 94.2 Å². The molecule has 0 aromatic rings. The van der Waals surface area contributed by atoms with Crippen molar-refractivity contribution in [3.63, 3.8) is 0 Å². The molecule has 0 saturated carbocycles. The van der Waals surface area contributed by atoms with Gasteiger partial charge in [0, 0.05) is 18.5 Å². The predicted molar refractivity (Wildman–Crippen MR) is 65.0 cm³/mol. The van der Waals surface area contributed by atoms with E-state index in [1.54, 1.807) is 0 Å². The third-order valence-corrected chi connectivity index (χ3v) is 2.75. The van der Waals surface area contributed by atoms with E-state index in [0.717, 1.165) is 18.2 Å². The number of carbonyl (C=O) groups is 1. The minimum absolute atomic E-state index is 0.204. The van der Waals surface area contributed by atoms with Gasteiger partial charge in [0.25, 0.3) is 0 Å². The number of aldehydes is 1. The highest BCUT2D eigenvalue weighted by Crippen LogP contribution is 2.14. The lowest BCUT2D eigenvalue weighted by Crippen LogP contribution is -2.45. The van der Waals surface area contributed by atoms with Crippen LogP contribution in [-0.2, 0) is 4.79 Å². The number of hydrogen-bond acceptors (Lipinski definition) is 3. The average Bonchev–Trinajstić information content (AvgIpc) is 2.19. The van der Waals surface area contributed by atoms with Crippen molar-refractivity contribution < 1.29 is 4.79 Å². The molecule has 1 saturated heterocycles. The van der Waals surface area contributed by atoms with Crippen LogP contribution >= 0.6 is 0 Å². The van der Waals surface area contributed by atoms with Gasteiger partial charge in [-0.05, 0) is 33.0 Å². The molecule has 0 spiro atoms. The van der Waals surface area contributed by atoms with Crippen molar-refractivity contribution in [2.24, 2.45) is 11.8 Å². The van der Waals surface area contributed by atoms with Crippen LogP contribution in [0.15, 0.2) is 0 Å². The molecule has 0 aliphatic carbocycles. The van der Waals surface area contributed by atoms with E-state index in [1.165, 1.54) is 19.5 Å². The predicted octanol–water partition coefficient (Wildman–Crippen LogP) is 1.39. The Morgan fingerprint density at radius 1 is 1.47 bits per heavy atom. The maximum Gasteiger partial charge on any atom is 0.122 e. The van der Waals surface area contributed by atoms with Crippen molar-refractivity contribution in [3.05, 3.63) is 0 Å². The topological polar surface area (TPSA) is 32.3 Å². The highest BCUT2D eigenvalue weighted by molar-refractivity contribution is 5.51. The number of piperidine rings is 1. The Balaban J connectivity index is 0.000000336. The lowest BCUT2D eigenvalue weighted by Gasteiger charge is -2.34. The minimum atomic E-state index is 0.204. The average molecular weight is 214 g/mol. The Morgan fingerprint density at radius 2 is 2.00 bits per heavy atom. The highest BCUT2D eigenvalue weighted by atomic mass is 16.1. The quantitative estimate of drug-likeness (QED) is 0.705. The van der Waals surface area contributed by atoms with Gasteiger partial charge >= 0.3 is 0 Å². The van der Waals surface area contributed by atoms with Crippen molar-refractivity contribution in [2.75, 3.05) is 27.2 Å². The third-order valence-electron chi connectivity index (χ3n) is 2.75. The molecular formula is C12H26N2O. The summed E-state index contributed by atoms with van der Waals surface area (Å²) in [7, 11) is 4.26. The number of likely N-dealkylation sites (tertiary alicyclic amines) is 1. The number of rotatable bonds is 2. The van der Waals surface area contributed by atoms with Crippen LogP contribution in [0.4, 0.5) is 0 Å². The zero-order valence-electron chi connectivity index (χ0n) is 10.8. The zero-order valence-corrected chi connectivity index (χ0v) is 10.8. The fourth-order valence-corrected chi connectivity index (χ4v) is 1.78. The molecule has 1 aliphatic rings. The van der Waals surface area contributed by atoms with Crippen LogP contribution in [0.25, 0.3) is 0 Å². The summed E-state index contributed by atoms with van der Waals surface area (Å²) < 4.78 is 0. The van der Waals surface area contributed by atoms with Gasteiger partial charge in [0.2, 0.25) is 0 Å². The van der Waals surface area contributed by atoms with Gasteiger partial charge in [-0.1, -0.05) is 20.8 Å². The second-order valence-electron chi connectivity index (χ2n) is 4.80. The largest absolute Gasteiger partial charge is 0.317 e. The smallest absolute Gasteiger partial charge is 0.122 e. The molecule has 0 bridgehead atoms. The third kappa shape index (κ3) is 6.63. The van der Waals surface area contributed by atoms with E-state index in [1.807, 2.05) is 13.8 Å². The van der Waals surface area contributed by atoms with E-state index < -0.39 is 0 Å². The Morgan fingerprint density at radius 3 is 2.33 bits per heavy atom. The van der Waals surface area contributed by atoms with Gasteiger partial charge < -0.3 is 15.0 Å². The van der Waals surface area contributed by atoms with Crippen LogP contribution in [0.1, 0.15) is 27.2 Å². The van der Waals surface area contributed by atoms with E-state index in [-0.39, 0.29) is 5.92 Å². The van der Waals surface area contributed by atoms with Gasteiger partial charge in [-0.15, -0.1) is 0 Å². The van der Waals surface area contributed by atoms with Crippen LogP contribution in [0.3, 0.4) is 0 Å². The lowest BCUT2D eigenvalue weighted by molar-refractivity contribution is -0.110. The van der Waals surface area contributed by atoms with Gasteiger partial charge in [-0.3, -0.25) is 0 Å². The van der Waals surface area contributed by atoms with Crippen LogP contribution < -0.4 is 5.32 Å². The molecule has 3 nitrogen and oxygen atoms in total. The van der Waals surface area contributed by atoms with Crippen molar-refractivity contribution in [1.82, 2.24) is 10.2 Å². The Hall–Kier alpha value is -0.410. The summed E-state index contributed by atoms with van der Waals surface area (Å²) >= 11 is 0. The SMILES string of the molecule is CC(C)C=O.CNC1CCN(C)CC1C. The molecule has 1 N–H and O–H groups in total. The van der Waals surface area contributed by atoms with E-state index in [9.17, 15) is 4.79 Å². The fourth-order valence-electron chi connectivity index (χ4n) is 1.78. The van der Waals surface area contributed by atoms with Crippen LogP contribution in [0.2, 0.25) is 0 Å². The molecule has 0 radical (unpaired) electrons. The van der Waals surface area contributed by atoms with Crippen LogP contribution in [-0.4, -0.2) is 44.4 Å². The molecule has 15 heavy (non-hydrogen) atoms. The number of nitrogens with zero attached hydrogens (tertiary/aromatic N) is 1. The Bertz CT molecular complexity index is 171. The first-order valence-corrected chi connectivity index (χ1v) is 5.82. The molecule has 3 heteroatoms. The molecule has 1 aliphatic heterocycles. The first-order valence-electron chi connectivity index (χ1n) is 5.82. The van der Waals surface area contributed by atoms with Gasteiger partial charge in [-0.2, -0.15) is 0 Å². The monoisotopic (exact) mass is 214 g/mol. The van der Waals surface area contributed by atoms with Gasteiger partial charge in [0.05, 0.1) is 0 Å². The normalized spacial score (nSPS) is 27.1. The lowest BCUT2D eigenvalue weighted by atomic mass is 9.95. The summed E-state index contributed by atoms with van der Waals surface area (Å²) in [4.78, 5) is 11.9. The number of carbonyl (C=O) groups excluding carboxylic acids is 1. The van der Waals surface area contributed by atoms with E-state index >= 15 is 0 Å². The molecule has 1 rings (SSSR count). The van der Waals surface area contributed by atoms with E-state index in [2.05, 4.69) is 31.2 Å². The first-order chi connectivity index (χ1) is 7.01. The van der Waals surface area contributed by atoms with E-state index in [4.69, 9.17) is 0 Å². The molecule has 0 aromatic carbocycles. The Kier molecular flexibility index (Phi) is 7.61. The molecular weight excluding hydrogens is 188 g/mol. The van der Waals surface area contributed by atoms with Crippen molar-refractivity contribution in [3.8, 4) is 0 Å². The summed E-state index contributed by atoms with van der Waals surface area (Å²) in [5.74, 6) is 1.01. The van der Waals surface area contributed by atoms with Gasteiger partial charge in [-0.25, -0.2) is 0 Å². The molecule has 0 amide bonds. The summed E-state index contributed by atoms with van der Waals surface area (Å²) in [6, 6.07) is 0.746. The van der Waals surface area contributed by atoms with Gasteiger partial charge in [0.1, 0.15) is 6.29 Å². The first kappa shape index (κ1) is 14.6. The van der Waals surface area contributed by atoms with Crippen LogP contribution in [0.5, 0.6) is 0 Å². The molecule has 1 heterocycles. The summed E-state index contributed by atoms with van der Waals surface area (Å²) in [5, 5.41) is 3.35. The molecule has 1 fully saturated rings. The molecule has 90 valence electrons. The standard InChI is InChI=1S/C8H18N2.C4H8O/c1-7-6-10(3)5-4-8(7)9-2;1-4(2)3-5/h7-9H,4-6H2,1-3H3;3-4H,1-2H3. The van der Waals surface area contributed by atoms with Gasteiger partial charge in [0.15, 0.2) is 0 Å². The second kappa shape index (κ2) is 7.83. The fraction of sp³-hybridized carbons (Fsp3) is 0.917. The second-order valence-corrected chi connectivity index (χ2v) is 4.80. The maximum atomic E-state index is 9.50. The molecule has 2 atom stereocenters. The maximum absolute atomic E-state index is 9.50. The van der Waals surface area contributed by atoms with Crippen molar-refractivity contribution in [1.29, 1.82) is 0 Å². The zero-order chi connectivity index (χ0) is 11.8. The van der Waals surface area contributed by atoms with Crippen LogP contribution in [0, 0.1) is 11.8 Å². The molecule has 2 unspecified atom stereocenters. The van der Waals surface area contributed by atoms with Crippen molar-refractivity contribution >= 4 is 6.29 Å². The van der Waals surface area contributed by atoms with Crippen molar-refractivity contribution in [2.45, 2.75) is 33.2 Å². The number of nitrogens with one attached hydrogen (secondary N) is 1.